The number of anilines is 1. The van der Waals surface area contributed by atoms with Crippen molar-refractivity contribution in [3.05, 3.63) is 77.9 Å². The van der Waals surface area contributed by atoms with Crippen LogP contribution in [0.4, 0.5) is 18.9 Å². The molecule has 0 bridgehead atoms. The first kappa shape index (κ1) is 15.1. The van der Waals surface area contributed by atoms with Crippen LogP contribution in [0.5, 0.6) is 0 Å². The molecule has 0 saturated heterocycles. The number of nitrogens with one attached hydrogen (secondary N) is 1. The van der Waals surface area contributed by atoms with Gasteiger partial charge in [-0.25, -0.2) is 0 Å². The number of rotatable bonds is 2. The Morgan fingerprint density at radius 1 is 0.870 bits per heavy atom. The molecule has 0 fully saturated rings. The van der Waals surface area contributed by atoms with Crippen molar-refractivity contribution in [1.29, 1.82) is 0 Å². The Morgan fingerprint density at radius 3 is 2.22 bits per heavy atom. The molecule has 0 aliphatic rings. The van der Waals surface area contributed by atoms with E-state index in [9.17, 15) is 18.0 Å². The molecule has 5 heteroatoms. The first-order valence-electron chi connectivity index (χ1n) is 6.91. The second-order valence-corrected chi connectivity index (χ2v) is 5.06. The third-order valence-corrected chi connectivity index (χ3v) is 3.47. The zero-order valence-corrected chi connectivity index (χ0v) is 11.9. The summed E-state index contributed by atoms with van der Waals surface area (Å²) < 4.78 is 39.1. The summed E-state index contributed by atoms with van der Waals surface area (Å²) in [7, 11) is 0. The van der Waals surface area contributed by atoms with Crippen molar-refractivity contribution in [2.75, 3.05) is 5.32 Å². The molecular formula is C18H12F3NO. The molecule has 0 aromatic heterocycles. The number of hydrogen-bond donors (Lipinski definition) is 1. The first-order chi connectivity index (χ1) is 10.9. The van der Waals surface area contributed by atoms with E-state index in [0.29, 0.717) is 16.3 Å². The maximum absolute atomic E-state index is 13.0. The summed E-state index contributed by atoms with van der Waals surface area (Å²) in [5.74, 6) is -0.449. The molecule has 3 aromatic rings. The van der Waals surface area contributed by atoms with Gasteiger partial charge in [0, 0.05) is 16.6 Å². The summed E-state index contributed by atoms with van der Waals surface area (Å²) in [6.07, 6.45) is -4.48. The molecule has 0 spiro atoms. The predicted molar refractivity (Wildman–Crippen MR) is 83.3 cm³/mol. The number of alkyl halides is 3. The molecule has 3 aromatic carbocycles. The Labute approximate surface area is 130 Å². The van der Waals surface area contributed by atoms with Gasteiger partial charge in [0.2, 0.25) is 0 Å². The topological polar surface area (TPSA) is 29.1 Å². The fourth-order valence-corrected chi connectivity index (χ4v) is 2.36. The minimum absolute atomic E-state index is 0.143. The molecule has 0 radical (unpaired) electrons. The molecular weight excluding hydrogens is 303 g/mol. The summed E-state index contributed by atoms with van der Waals surface area (Å²) in [6, 6.07) is 17.0. The molecule has 0 heterocycles. The maximum Gasteiger partial charge on any atom is 0.416 e. The average Bonchev–Trinajstić information content (AvgIpc) is 2.54. The maximum atomic E-state index is 13.0. The number of carbonyl (C=O) groups excluding carboxylic acids is 1. The van der Waals surface area contributed by atoms with Gasteiger partial charge >= 0.3 is 6.18 Å². The highest BCUT2D eigenvalue weighted by molar-refractivity contribution is 6.09. The lowest BCUT2D eigenvalue weighted by molar-refractivity contribution is -0.137. The highest BCUT2D eigenvalue weighted by atomic mass is 19.4. The lowest BCUT2D eigenvalue weighted by Gasteiger charge is -2.13. The molecule has 3 rings (SSSR count). The molecule has 0 atom stereocenters. The van der Waals surface area contributed by atoms with Gasteiger partial charge in [0.1, 0.15) is 0 Å². The van der Waals surface area contributed by atoms with Crippen molar-refractivity contribution in [2.45, 2.75) is 6.18 Å². The fourth-order valence-electron chi connectivity index (χ4n) is 2.36. The van der Waals surface area contributed by atoms with E-state index < -0.39 is 17.6 Å². The zero-order valence-electron chi connectivity index (χ0n) is 11.9. The van der Waals surface area contributed by atoms with E-state index >= 15 is 0 Å². The summed E-state index contributed by atoms with van der Waals surface area (Å²) in [6.45, 7) is 0. The Balaban J connectivity index is 2.07. The molecule has 1 amide bonds. The molecule has 23 heavy (non-hydrogen) atoms. The molecule has 0 aliphatic heterocycles. The second-order valence-electron chi connectivity index (χ2n) is 5.06. The molecule has 2 nitrogen and oxygen atoms in total. The molecule has 1 N–H and O–H groups in total. The third-order valence-electron chi connectivity index (χ3n) is 3.47. The fraction of sp³-hybridized carbons (Fsp3) is 0.0556. The quantitative estimate of drug-likeness (QED) is 0.699. The largest absolute Gasteiger partial charge is 0.416 e. The molecule has 0 saturated carbocycles. The third kappa shape index (κ3) is 3.18. The monoisotopic (exact) mass is 315 g/mol. The van der Waals surface area contributed by atoms with Crippen molar-refractivity contribution in [3.63, 3.8) is 0 Å². The Hall–Kier alpha value is -2.82. The van der Waals surface area contributed by atoms with Crippen LogP contribution in [0, 0.1) is 0 Å². The standard InChI is InChI=1S/C18H12F3NO/c19-18(20,21)14-10-13-8-4-5-9-15(13)16(11-14)22-17(23)12-6-2-1-3-7-12/h1-11H,(H,22,23). The van der Waals surface area contributed by atoms with Crippen LogP contribution in [0.1, 0.15) is 15.9 Å². The summed E-state index contributed by atoms with van der Waals surface area (Å²) >= 11 is 0. The summed E-state index contributed by atoms with van der Waals surface area (Å²) in [5.41, 5.74) is -0.266. The Morgan fingerprint density at radius 2 is 1.52 bits per heavy atom. The van der Waals surface area contributed by atoms with Crippen molar-refractivity contribution in [1.82, 2.24) is 0 Å². The van der Waals surface area contributed by atoms with E-state index in [4.69, 9.17) is 0 Å². The SMILES string of the molecule is O=C(Nc1cc(C(F)(F)F)cc2ccccc12)c1ccccc1. The van der Waals surface area contributed by atoms with Crippen molar-refractivity contribution in [3.8, 4) is 0 Å². The van der Waals surface area contributed by atoms with Gasteiger partial charge in [0.05, 0.1) is 5.56 Å². The van der Waals surface area contributed by atoms with Gasteiger partial charge in [-0.3, -0.25) is 4.79 Å². The number of amides is 1. The van der Waals surface area contributed by atoms with Crippen LogP contribution in [0.15, 0.2) is 66.7 Å². The number of halogens is 3. The van der Waals surface area contributed by atoms with Gasteiger partial charge in [0.15, 0.2) is 0 Å². The van der Waals surface area contributed by atoms with Gasteiger partial charge < -0.3 is 5.32 Å². The minimum Gasteiger partial charge on any atom is -0.321 e. The Kier molecular flexibility index (Phi) is 3.78. The molecule has 0 aliphatic carbocycles. The normalized spacial score (nSPS) is 11.4. The van der Waals surface area contributed by atoms with Crippen LogP contribution in [0.2, 0.25) is 0 Å². The van der Waals surface area contributed by atoms with Crippen LogP contribution in [0.25, 0.3) is 10.8 Å². The second kappa shape index (κ2) is 5.76. The van der Waals surface area contributed by atoms with Crippen molar-refractivity contribution < 1.29 is 18.0 Å². The van der Waals surface area contributed by atoms with Gasteiger partial charge in [0.25, 0.3) is 5.91 Å². The number of fused-ring (bicyclic) bond motifs is 1. The van der Waals surface area contributed by atoms with E-state index in [1.165, 1.54) is 0 Å². The van der Waals surface area contributed by atoms with Crippen LogP contribution in [-0.4, -0.2) is 5.91 Å². The van der Waals surface area contributed by atoms with E-state index in [1.54, 1.807) is 54.6 Å². The predicted octanol–water partition coefficient (Wildman–Crippen LogP) is 5.11. The van der Waals surface area contributed by atoms with Gasteiger partial charge in [-0.1, -0.05) is 42.5 Å². The van der Waals surface area contributed by atoms with Crippen LogP contribution >= 0.6 is 0 Å². The van der Waals surface area contributed by atoms with Gasteiger partial charge in [-0.15, -0.1) is 0 Å². The van der Waals surface area contributed by atoms with E-state index in [-0.39, 0.29) is 5.69 Å². The number of benzene rings is 3. The lowest BCUT2D eigenvalue weighted by Crippen LogP contribution is -2.13. The van der Waals surface area contributed by atoms with Gasteiger partial charge in [-0.2, -0.15) is 13.2 Å². The minimum atomic E-state index is -4.48. The van der Waals surface area contributed by atoms with Crippen molar-refractivity contribution >= 4 is 22.4 Å². The first-order valence-corrected chi connectivity index (χ1v) is 6.91. The van der Waals surface area contributed by atoms with Crippen LogP contribution < -0.4 is 5.32 Å². The molecule has 116 valence electrons. The van der Waals surface area contributed by atoms with E-state index in [2.05, 4.69) is 5.32 Å². The van der Waals surface area contributed by atoms with E-state index in [0.717, 1.165) is 12.1 Å². The average molecular weight is 315 g/mol. The smallest absolute Gasteiger partial charge is 0.321 e. The van der Waals surface area contributed by atoms with E-state index in [1.807, 2.05) is 0 Å². The van der Waals surface area contributed by atoms with Gasteiger partial charge in [-0.05, 0) is 29.7 Å². The van der Waals surface area contributed by atoms with Crippen LogP contribution in [0.3, 0.4) is 0 Å². The molecule has 0 unspecified atom stereocenters. The zero-order chi connectivity index (χ0) is 16.4. The lowest BCUT2D eigenvalue weighted by atomic mass is 10.0. The van der Waals surface area contributed by atoms with Crippen molar-refractivity contribution in [2.24, 2.45) is 0 Å². The summed E-state index contributed by atoms with van der Waals surface area (Å²) in [5, 5.41) is 3.56. The summed E-state index contributed by atoms with van der Waals surface area (Å²) in [4.78, 5) is 12.2. The van der Waals surface area contributed by atoms with Crippen LogP contribution in [-0.2, 0) is 6.18 Å². The highest BCUT2D eigenvalue weighted by Crippen LogP contribution is 2.35. The Bertz CT molecular complexity index is 857. The number of hydrogen-bond acceptors (Lipinski definition) is 1. The highest BCUT2D eigenvalue weighted by Gasteiger charge is 2.31. The number of carbonyl (C=O) groups is 1.